The van der Waals surface area contributed by atoms with Gasteiger partial charge >= 0.3 is 0 Å². The minimum atomic E-state index is 0.362. The molecule has 0 spiro atoms. The summed E-state index contributed by atoms with van der Waals surface area (Å²) in [4.78, 5) is 2.63. The van der Waals surface area contributed by atoms with Crippen LogP contribution in [-0.2, 0) is 0 Å². The van der Waals surface area contributed by atoms with Gasteiger partial charge in [-0.1, -0.05) is 38.1 Å². The molecule has 0 aromatic heterocycles. The van der Waals surface area contributed by atoms with Crippen molar-refractivity contribution in [3.8, 4) is 0 Å². The van der Waals surface area contributed by atoms with Gasteiger partial charge in [0.2, 0.25) is 0 Å². The van der Waals surface area contributed by atoms with Crippen molar-refractivity contribution in [3.63, 3.8) is 0 Å². The summed E-state index contributed by atoms with van der Waals surface area (Å²) in [5.41, 5.74) is 8.87. The first-order valence-corrected chi connectivity index (χ1v) is 7.56. The van der Waals surface area contributed by atoms with Crippen molar-refractivity contribution < 1.29 is 0 Å². The largest absolute Gasteiger partial charge is 0.329 e. The molecule has 2 rings (SSSR count). The molecule has 2 heteroatoms. The number of aryl methyl sites for hydroxylation is 1. The molecule has 4 atom stereocenters. The van der Waals surface area contributed by atoms with Crippen molar-refractivity contribution in [2.45, 2.75) is 46.2 Å². The number of nitrogens with zero attached hydrogens (tertiary/aromatic N) is 1. The molecule has 2 nitrogen and oxygen atoms in total. The van der Waals surface area contributed by atoms with Gasteiger partial charge in [0.25, 0.3) is 0 Å². The van der Waals surface area contributed by atoms with Crippen molar-refractivity contribution in [2.24, 2.45) is 17.6 Å². The Balaban J connectivity index is 2.28. The van der Waals surface area contributed by atoms with Gasteiger partial charge in [0.1, 0.15) is 0 Å². The summed E-state index contributed by atoms with van der Waals surface area (Å²) >= 11 is 0. The molecule has 0 saturated carbocycles. The van der Waals surface area contributed by atoms with Crippen molar-refractivity contribution in [3.05, 3.63) is 35.4 Å². The second-order valence-electron chi connectivity index (χ2n) is 6.36. The predicted molar refractivity (Wildman–Crippen MR) is 82.1 cm³/mol. The highest BCUT2D eigenvalue weighted by molar-refractivity contribution is 5.29. The van der Waals surface area contributed by atoms with Gasteiger partial charge in [0.15, 0.2) is 0 Å². The van der Waals surface area contributed by atoms with Crippen molar-refractivity contribution in [2.75, 3.05) is 13.1 Å². The van der Waals surface area contributed by atoms with E-state index in [1.54, 1.807) is 0 Å². The zero-order valence-corrected chi connectivity index (χ0v) is 12.8. The van der Waals surface area contributed by atoms with Gasteiger partial charge < -0.3 is 5.73 Å². The smallest absolute Gasteiger partial charge is 0.0476 e. The van der Waals surface area contributed by atoms with Crippen LogP contribution in [0, 0.1) is 18.8 Å². The van der Waals surface area contributed by atoms with E-state index in [1.807, 2.05) is 0 Å². The van der Waals surface area contributed by atoms with Gasteiger partial charge in [-0.2, -0.15) is 0 Å². The fraction of sp³-hybridized carbons (Fsp3) is 0.647. The Labute approximate surface area is 118 Å². The Hall–Kier alpha value is -0.860. The monoisotopic (exact) mass is 260 g/mol. The van der Waals surface area contributed by atoms with Crippen molar-refractivity contribution >= 4 is 0 Å². The molecular formula is C17H28N2. The molecule has 2 N–H and O–H groups in total. The maximum Gasteiger partial charge on any atom is 0.0476 e. The van der Waals surface area contributed by atoms with E-state index in [0.717, 1.165) is 11.8 Å². The lowest BCUT2D eigenvalue weighted by Gasteiger charge is -2.45. The summed E-state index contributed by atoms with van der Waals surface area (Å²) < 4.78 is 0. The van der Waals surface area contributed by atoms with E-state index in [1.165, 1.54) is 24.1 Å². The molecule has 19 heavy (non-hydrogen) atoms. The minimum Gasteiger partial charge on any atom is -0.329 e. The Morgan fingerprint density at radius 1 is 1.26 bits per heavy atom. The lowest BCUT2D eigenvalue weighted by molar-refractivity contribution is 0.0422. The third-order valence-electron chi connectivity index (χ3n) is 4.81. The number of benzene rings is 1. The molecule has 4 unspecified atom stereocenters. The first-order valence-electron chi connectivity index (χ1n) is 7.56. The molecule has 1 saturated heterocycles. The second-order valence-corrected chi connectivity index (χ2v) is 6.36. The summed E-state index contributed by atoms with van der Waals surface area (Å²) in [7, 11) is 0. The van der Waals surface area contributed by atoms with Gasteiger partial charge in [-0.3, -0.25) is 4.90 Å². The number of piperidine rings is 1. The van der Waals surface area contributed by atoms with Gasteiger partial charge in [0.05, 0.1) is 0 Å². The fourth-order valence-electron chi connectivity index (χ4n) is 3.57. The van der Waals surface area contributed by atoms with E-state index in [4.69, 9.17) is 5.73 Å². The third kappa shape index (κ3) is 3.01. The number of rotatable bonds is 3. The highest BCUT2D eigenvalue weighted by Gasteiger charge is 2.33. The van der Waals surface area contributed by atoms with E-state index < -0.39 is 0 Å². The molecule has 1 aromatic rings. The van der Waals surface area contributed by atoms with E-state index in [9.17, 15) is 0 Å². The highest BCUT2D eigenvalue weighted by Crippen LogP contribution is 2.34. The Bertz CT molecular complexity index is 415. The highest BCUT2D eigenvalue weighted by atomic mass is 15.2. The predicted octanol–water partition coefficient (Wildman–Crippen LogP) is 3.36. The van der Waals surface area contributed by atoms with Gasteiger partial charge in [-0.25, -0.2) is 0 Å². The normalized spacial score (nSPS) is 30.3. The van der Waals surface area contributed by atoms with E-state index in [0.29, 0.717) is 18.6 Å². The SMILES string of the molecule is Cc1ccccc1C(CN)N1CC(C)CC(C)C1C. The standard InChI is InChI=1S/C17H28N2/c1-12-9-14(3)15(4)19(11-12)17(10-18)16-8-6-5-7-13(16)2/h5-8,12,14-15,17H,9-11,18H2,1-4H3. The van der Waals surface area contributed by atoms with Gasteiger partial charge in [-0.15, -0.1) is 0 Å². The van der Waals surface area contributed by atoms with Crippen LogP contribution in [0.1, 0.15) is 44.4 Å². The molecule has 1 aliphatic rings. The maximum atomic E-state index is 6.12. The van der Waals surface area contributed by atoms with Crippen LogP contribution in [0.15, 0.2) is 24.3 Å². The van der Waals surface area contributed by atoms with Crippen LogP contribution in [0.25, 0.3) is 0 Å². The molecule has 1 aliphatic heterocycles. The molecule has 0 amide bonds. The summed E-state index contributed by atoms with van der Waals surface area (Å²) in [6.07, 6.45) is 1.34. The summed E-state index contributed by atoms with van der Waals surface area (Å²) in [6.45, 7) is 11.2. The summed E-state index contributed by atoms with van der Waals surface area (Å²) in [6, 6.07) is 9.65. The summed E-state index contributed by atoms with van der Waals surface area (Å²) in [5.74, 6) is 1.52. The molecular weight excluding hydrogens is 232 g/mol. The van der Waals surface area contributed by atoms with Crippen molar-refractivity contribution in [1.29, 1.82) is 0 Å². The lowest BCUT2D eigenvalue weighted by Crippen LogP contribution is -2.49. The van der Waals surface area contributed by atoms with E-state index in [-0.39, 0.29) is 0 Å². The average molecular weight is 260 g/mol. The van der Waals surface area contributed by atoms with Crippen LogP contribution in [0.5, 0.6) is 0 Å². The Morgan fingerprint density at radius 3 is 2.58 bits per heavy atom. The topological polar surface area (TPSA) is 29.3 Å². The lowest BCUT2D eigenvalue weighted by atomic mass is 9.84. The van der Waals surface area contributed by atoms with Crippen LogP contribution < -0.4 is 5.73 Å². The first kappa shape index (κ1) is 14.5. The Kier molecular flexibility index (Phi) is 4.64. The average Bonchev–Trinajstić information content (AvgIpc) is 2.38. The van der Waals surface area contributed by atoms with Crippen LogP contribution in [0.2, 0.25) is 0 Å². The van der Waals surface area contributed by atoms with Crippen LogP contribution in [-0.4, -0.2) is 24.0 Å². The quantitative estimate of drug-likeness (QED) is 0.903. The van der Waals surface area contributed by atoms with Crippen LogP contribution >= 0.6 is 0 Å². The first-order chi connectivity index (χ1) is 9.04. The fourth-order valence-corrected chi connectivity index (χ4v) is 3.57. The maximum absolute atomic E-state index is 6.12. The second kappa shape index (κ2) is 6.06. The van der Waals surface area contributed by atoms with E-state index in [2.05, 4.69) is 56.9 Å². The molecule has 0 aliphatic carbocycles. The third-order valence-corrected chi connectivity index (χ3v) is 4.81. The zero-order chi connectivity index (χ0) is 14.0. The number of nitrogens with two attached hydrogens (primary N) is 1. The Morgan fingerprint density at radius 2 is 1.95 bits per heavy atom. The molecule has 0 bridgehead atoms. The van der Waals surface area contributed by atoms with Crippen LogP contribution in [0.4, 0.5) is 0 Å². The van der Waals surface area contributed by atoms with Gasteiger partial charge in [0, 0.05) is 25.2 Å². The molecule has 1 heterocycles. The minimum absolute atomic E-state index is 0.362. The van der Waals surface area contributed by atoms with Crippen molar-refractivity contribution in [1.82, 2.24) is 4.90 Å². The molecule has 0 radical (unpaired) electrons. The molecule has 106 valence electrons. The number of hydrogen-bond donors (Lipinski definition) is 1. The summed E-state index contributed by atoms with van der Waals surface area (Å²) in [5, 5.41) is 0. The van der Waals surface area contributed by atoms with Gasteiger partial charge in [-0.05, 0) is 43.2 Å². The number of likely N-dealkylation sites (tertiary alicyclic amines) is 1. The molecule has 1 aromatic carbocycles. The van der Waals surface area contributed by atoms with E-state index >= 15 is 0 Å². The number of hydrogen-bond acceptors (Lipinski definition) is 2. The van der Waals surface area contributed by atoms with Crippen LogP contribution in [0.3, 0.4) is 0 Å². The zero-order valence-electron chi connectivity index (χ0n) is 12.8. The molecule has 1 fully saturated rings.